The summed E-state index contributed by atoms with van der Waals surface area (Å²) in [7, 11) is 0. The highest BCUT2D eigenvalue weighted by atomic mass is 16.7. The molecule has 0 aromatic heterocycles. The molecule has 21 heavy (non-hydrogen) atoms. The van der Waals surface area contributed by atoms with E-state index in [4.69, 9.17) is 4.74 Å². The quantitative estimate of drug-likeness (QED) is 0.622. The van der Waals surface area contributed by atoms with Crippen molar-refractivity contribution < 1.29 is 19.4 Å². The van der Waals surface area contributed by atoms with Gasteiger partial charge in [-0.25, -0.2) is 0 Å². The molecule has 120 valence electrons. The number of carbonyl (C=O) groups excluding carboxylic acids is 2. The highest BCUT2D eigenvalue weighted by molar-refractivity contribution is 6.02. The Balaban J connectivity index is 1.99. The number of nitrogens with zero attached hydrogens (tertiary/aromatic N) is 1. The van der Waals surface area contributed by atoms with Crippen molar-refractivity contribution in [1.29, 1.82) is 0 Å². The largest absolute Gasteiger partial charge is 0.353 e. The molecule has 1 aliphatic heterocycles. The molecule has 0 aromatic carbocycles. The highest BCUT2D eigenvalue weighted by Gasteiger charge is 2.45. The van der Waals surface area contributed by atoms with Gasteiger partial charge in [0.15, 0.2) is 0 Å². The van der Waals surface area contributed by atoms with E-state index in [-0.39, 0.29) is 23.4 Å². The Morgan fingerprint density at radius 3 is 1.95 bits per heavy atom. The lowest BCUT2D eigenvalue weighted by Gasteiger charge is -2.48. The first-order chi connectivity index (χ1) is 9.51. The third-order valence-corrected chi connectivity index (χ3v) is 4.45. The normalized spacial score (nSPS) is 26.9. The first kappa shape index (κ1) is 16.6. The summed E-state index contributed by atoms with van der Waals surface area (Å²) < 4.78 is 5.73. The maximum atomic E-state index is 11.7. The van der Waals surface area contributed by atoms with Crippen LogP contribution in [0.15, 0.2) is 0 Å². The first-order valence-electron chi connectivity index (χ1n) is 7.72. The van der Waals surface area contributed by atoms with Crippen LogP contribution in [0.4, 0.5) is 0 Å². The second-order valence-corrected chi connectivity index (χ2v) is 7.74. The Hall–Kier alpha value is -0.780. The lowest BCUT2D eigenvalue weighted by Crippen LogP contribution is -2.56. The molecule has 5 nitrogen and oxygen atoms in total. The third-order valence-electron chi connectivity index (χ3n) is 4.45. The molecule has 1 N–H and O–H groups in total. The fraction of sp³-hybridized carbons (Fsp3) is 0.875. The second kappa shape index (κ2) is 5.45. The Kier molecular flexibility index (Phi) is 4.30. The third kappa shape index (κ3) is 4.11. The Bertz CT molecular complexity index is 410. The number of ether oxygens (including phenoxy) is 1. The van der Waals surface area contributed by atoms with Crippen LogP contribution in [0.2, 0.25) is 0 Å². The number of carbonyl (C=O) groups is 2. The van der Waals surface area contributed by atoms with Crippen molar-refractivity contribution in [2.45, 2.75) is 71.3 Å². The van der Waals surface area contributed by atoms with Crippen LogP contribution in [0.1, 0.15) is 59.8 Å². The number of piperidine rings is 1. The molecular weight excluding hydrogens is 270 g/mol. The molecule has 1 saturated heterocycles. The van der Waals surface area contributed by atoms with Gasteiger partial charge < -0.3 is 9.84 Å². The maximum Gasteiger partial charge on any atom is 0.224 e. The molecule has 1 heterocycles. The van der Waals surface area contributed by atoms with E-state index in [1.54, 1.807) is 6.92 Å². The van der Waals surface area contributed by atoms with Crippen molar-refractivity contribution in [2.75, 3.05) is 13.1 Å². The molecule has 1 atom stereocenters. The summed E-state index contributed by atoms with van der Waals surface area (Å²) in [5.41, 5.74) is -0.615. The first-order valence-corrected chi connectivity index (χ1v) is 7.72. The Morgan fingerprint density at radius 2 is 1.52 bits per heavy atom. The minimum absolute atomic E-state index is 0.0670. The van der Waals surface area contributed by atoms with Gasteiger partial charge in [0.05, 0.1) is 12.0 Å². The van der Waals surface area contributed by atoms with Crippen LogP contribution in [0.3, 0.4) is 0 Å². The molecular formula is C16H27NO4. The van der Waals surface area contributed by atoms with Gasteiger partial charge in [0.2, 0.25) is 5.91 Å². The molecule has 1 spiro atoms. The minimum Gasteiger partial charge on any atom is -0.353 e. The van der Waals surface area contributed by atoms with E-state index in [0.717, 1.165) is 12.8 Å². The Morgan fingerprint density at radius 1 is 1.05 bits per heavy atom. The SMILES string of the molecule is CC(C)(C)OC(C)(O)N1CCC2(CC1)CC(=O)CC(=O)C2. The van der Waals surface area contributed by atoms with Crippen LogP contribution in [-0.2, 0) is 14.3 Å². The number of aliphatic hydroxyl groups is 1. The number of Topliss-reactive ketones (excluding diaryl/α,β-unsaturated/α-hetero) is 2. The minimum atomic E-state index is -1.32. The van der Waals surface area contributed by atoms with E-state index in [1.807, 2.05) is 25.7 Å². The lowest BCUT2D eigenvalue weighted by atomic mass is 9.67. The zero-order valence-electron chi connectivity index (χ0n) is 13.6. The predicted molar refractivity (Wildman–Crippen MR) is 78.6 cm³/mol. The highest BCUT2D eigenvalue weighted by Crippen LogP contribution is 2.43. The van der Waals surface area contributed by atoms with Crippen LogP contribution in [0.25, 0.3) is 0 Å². The van der Waals surface area contributed by atoms with Gasteiger partial charge in [0.25, 0.3) is 0 Å². The summed E-state index contributed by atoms with van der Waals surface area (Å²) in [5.74, 6) is -1.18. The molecule has 5 heteroatoms. The standard InChI is InChI=1S/C16H27NO4/c1-14(2,3)21-15(4,20)17-7-5-16(6-8-17)10-12(18)9-13(19)11-16/h20H,5-11H2,1-4H3. The molecule has 1 unspecified atom stereocenters. The fourth-order valence-electron chi connectivity index (χ4n) is 3.64. The van der Waals surface area contributed by atoms with Gasteiger partial charge in [-0.3, -0.25) is 14.5 Å². The van der Waals surface area contributed by atoms with Gasteiger partial charge >= 0.3 is 0 Å². The molecule has 1 saturated carbocycles. The van der Waals surface area contributed by atoms with E-state index in [2.05, 4.69) is 0 Å². The van der Waals surface area contributed by atoms with Crippen molar-refractivity contribution in [2.24, 2.45) is 5.41 Å². The lowest BCUT2D eigenvalue weighted by molar-refractivity contribution is -0.322. The summed E-state index contributed by atoms with van der Waals surface area (Å²) >= 11 is 0. The monoisotopic (exact) mass is 297 g/mol. The molecule has 0 aromatic rings. The number of rotatable bonds is 2. The van der Waals surface area contributed by atoms with Gasteiger partial charge in [0.1, 0.15) is 11.6 Å². The van der Waals surface area contributed by atoms with E-state index >= 15 is 0 Å². The van der Waals surface area contributed by atoms with Crippen molar-refractivity contribution in [1.82, 2.24) is 4.90 Å². The molecule has 2 aliphatic rings. The zero-order chi connectivity index (χ0) is 15.9. The van der Waals surface area contributed by atoms with Crippen LogP contribution < -0.4 is 0 Å². The Labute approximate surface area is 126 Å². The van der Waals surface area contributed by atoms with Crippen LogP contribution >= 0.6 is 0 Å². The van der Waals surface area contributed by atoms with Gasteiger partial charge in [-0.05, 0) is 39.0 Å². The summed E-state index contributed by atoms with van der Waals surface area (Å²) in [4.78, 5) is 25.3. The fourth-order valence-corrected chi connectivity index (χ4v) is 3.64. The summed E-state index contributed by atoms with van der Waals surface area (Å²) in [6.07, 6.45) is 2.64. The van der Waals surface area contributed by atoms with Crippen molar-refractivity contribution in [3.63, 3.8) is 0 Å². The predicted octanol–water partition coefficient (Wildman–Crippen LogP) is 1.87. The molecule has 2 fully saturated rings. The van der Waals surface area contributed by atoms with E-state index in [1.165, 1.54) is 0 Å². The van der Waals surface area contributed by atoms with Crippen LogP contribution in [0.5, 0.6) is 0 Å². The molecule has 0 bridgehead atoms. The van der Waals surface area contributed by atoms with Crippen LogP contribution in [0, 0.1) is 5.41 Å². The number of ketones is 2. The number of hydrogen-bond donors (Lipinski definition) is 1. The summed E-state index contributed by atoms with van der Waals surface area (Å²) in [6, 6.07) is 0. The van der Waals surface area contributed by atoms with Gasteiger partial charge in [-0.1, -0.05) is 0 Å². The van der Waals surface area contributed by atoms with Gasteiger partial charge in [-0.15, -0.1) is 0 Å². The van der Waals surface area contributed by atoms with Gasteiger partial charge in [-0.2, -0.15) is 0 Å². The molecule has 0 radical (unpaired) electrons. The maximum absolute atomic E-state index is 11.7. The molecule has 0 amide bonds. The smallest absolute Gasteiger partial charge is 0.224 e. The number of hydrogen-bond acceptors (Lipinski definition) is 5. The zero-order valence-corrected chi connectivity index (χ0v) is 13.6. The van der Waals surface area contributed by atoms with Crippen molar-refractivity contribution in [3.05, 3.63) is 0 Å². The summed E-state index contributed by atoms with van der Waals surface area (Å²) in [5, 5.41) is 10.5. The molecule has 2 rings (SSSR count). The average Bonchev–Trinajstić information content (AvgIpc) is 2.24. The summed E-state index contributed by atoms with van der Waals surface area (Å²) in [6.45, 7) is 8.67. The van der Waals surface area contributed by atoms with E-state index in [0.29, 0.717) is 25.9 Å². The van der Waals surface area contributed by atoms with Crippen molar-refractivity contribution >= 4 is 11.6 Å². The van der Waals surface area contributed by atoms with Crippen molar-refractivity contribution in [3.8, 4) is 0 Å². The number of likely N-dealkylation sites (tertiary alicyclic amines) is 1. The van der Waals surface area contributed by atoms with E-state index in [9.17, 15) is 14.7 Å². The van der Waals surface area contributed by atoms with E-state index < -0.39 is 11.5 Å². The topological polar surface area (TPSA) is 66.8 Å². The molecule has 1 aliphatic carbocycles. The van der Waals surface area contributed by atoms with Crippen LogP contribution in [-0.4, -0.2) is 46.2 Å². The average molecular weight is 297 g/mol. The van der Waals surface area contributed by atoms with Gasteiger partial charge in [0, 0.05) is 32.9 Å². The second-order valence-electron chi connectivity index (χ2n) is 7.74.